The number of carbonyl (C=O) groups is 1. The van der Waals surface area contributed by atoms with Gasteiger partial charge in [-0.25, -0.2) is 4.79 Å². The highest BCUT2D eigenvalue weighted by Crippen LogP contribution is 2.40. The molecular formula is C12H22N2O. The summed E-state index contributed by atoms with van der Waals surface area (Å²) in [6.07, 6.45) is 5.12. The van der Waals surface area contributed by atoms with E-state index < -0.39 is 0 Å². The summed E-state index contributed by atoms with van der Waals surface area (Å²) in [7, 11) is 0. The minimum absolute atomic E-state index is 0.273. The molecule has 0 bridgehead atoms. The molecule has 0 aromatic rings. The molecule has 86 valence electrons. The smallest absolute Gasteiger partial charge is 0.320 e. The Morgan fingerprint density at radius 1 is 1.27 bits per heavy atom. The lowest BCUT2D eigenvalue weighted by molar-refractivity contribution is 0.148. The number of amides is 2. The fourth-order valence-corrected chi connectivity index (χ4v) is 2.68. The lowest BCUT2D eigenvalue weighted by Gasteiger charge is -2.30. The van der Waals surface area contributed by atoms with E-state index in [0.717, 1.165) is 25.6 Å². The normalized spacial score (nSPS) is 25.7. The van der Waals surface area contributed by atoms with Gasteiger partial charge in [0.2, 0.25) is 0 Å². The number of nitrogens with zero attached hydrogens (tertiary/aromatic N) is 2. The minimum atomic E-state index is 0.273. The summed E-state index contributed by atoms with van der Waals surface area (Å²) < 4.78 is 0. The monoisotopic (exact) mass is 210 g/mol. The molecule has 2 aliphatic rings. The van der Waals surface area contributed by atoms with Gasteiger partial charge >= 0.3 is 6.03 Å². The van der Waals surface area contributed by atoms with Crippen molar-refractivity contribution >= 4 is 6.03 Å². The molecule has 0 aromatic carbocycles. The van der Waals surface area contributed by atoms with E-state index in [9.17, 15) is 4.79 Å². The highest BCUT2D eigenvalue weighted by Gasteiger charge is 2.40. The van der Waals surface area contributed by atoms with Crippen LogP contribution in [0.4, 0.5) is 4.79 Å². The van der Waals surface area contributed by atoms with Crippen LogP contribution in [-0.2, 0) is 0 Å². The van der Waals surface area contributed by atoms with Crippen LogP contribution in [0.3, 0.4) is 0 Å². The topological polar surface area (TPSA) is 23.6 Å². The number of carbonyl (C=O) groups excluding carboxylic acids is 1. The summed E-state index contributed by atoms with van der Waals surface area (Å²) in [5, 5.41) is 0. The molecule has 1 aliphatic carbocycles. The van der Waals surface area contributed by atoms with Gasteiger partial charge < -0.3 is 9.80 Å². The van der Waals surface area contributed by atoms with E-state index in [1.54, 1.807) is 0 Å². The van der Waals surface area contributed by atoms with Crippen molar-refractivity contribution in [2.45, 2.75) is 45.6 Å². The van der Waals surface area contributed by atoms with E-state index in [-0.39, 0.29) is 6.03 Å². The first-order valence-corrected chi connectivity index (χ1v) is 6.33. The molecule has 1 saturated heterocycles. The highest BCUT2D eigenvalue weighted by atomic mass is 16.2. The predicted octanol–water partition coefficient (Wildman–Crippen LogP) is 2.32. The molecule has 0 aromatic heterocycles. The van der Waals surface area contributed by atoms with Crippen LogP contribution in [0.2, 0.25) is 0 Å². The van der Waals surface area contributed by atoms with Gasteiger partial charge in [0, 0.05) is 25.7 Å². The molecule has 1 heterocycles. The molecular weight excluding hydrogens is 188 g/mol. The van der Waals surface area contributed by atoms with Crippen LogP contribution in [0, 0.1) is 5.92 Å². The first kappa shape index (κ1) is 10.8. The largest absolute Gasteiger partial charge is 0.325 e. The van der Waals surface area contributed by atoms with Crippen LogP contribution in [0.25, 0.3) is 0 Å². The summed E-state index contributed by atoms with van der Waals surface area (Å²) in [4.78, 5) is 16.3. The van der Waals surface area contributed by atoms with Gasteiger partial charge in [-0.05, 0) is 45.4 Å². The molecule has 3 nitrogen and oxygen atoms in total. The van der Waals surface area contributed by atoms with Crippen molar-refractivity contribution in [2.24, 2.45) is 5.92 Å². The second-order valence-corrected chi connectivity index (χ2v) is 4.70. The predicted molar refractivity (Wildman–Crippen MR) is 60.8 cm³/mol. The fourth-order valence-electron chi connectivity index (χ4n) is 2.68. The Hall–Kier alpha value is -0.730. The van der Waals surface area contributed by atoms with Gasteiger partial charge in [-0.2, -0.15) is 0 Å². The van der Waals surface area contributed by atoms with Crippen LogP contribution >= 0.6 is 0 Å². The summed E-state index contributed by atoms with van der Waals surface area (Å²) in [6, 6.07) is 0.840. The molecule has 1 aliphatic heterocycles. The van der Waals surface area contributed by atoms with E-state index in [2.05, 4.69) is 18.7 Å². The lowest BCUT2D eigenvalue weighted by Crippen LogP contribution is -2.46. The van der Waals surface area contributed by atoms with Crippen LogP contribution < -0.4 is 0 Å². The van der Waals surface area contributed by atoms with E-state index in [0.29, 0.717) is 6.04 Å². The molecule has 3 heteroatoms. The van der Waals surface area contributed by atoms with Crippen LogP contribution in [-0.4, -0.2) is 41.5 Å². The fraction of sp³-hybridized carbons (Fsp3) is 0.917. The molecule has 0 N–H and O–H groups in total. The first-order chi connectivity index (χ1) is 7.27. The summed E-state index contributed by atoms with van der Waals surface area (Å²) >= 11 is 0. The van der Waals surface area contributed by atoms with Crippen molar-refractivity contribution in [1.29, 1.82) is 0 Å². The SMILES string of the molecule is CCN(CC)C(=O)N1CCCC1C1CC1. The van der Waals surface area contributed by atoms with Crippen molar-refractivity contribution in [3.8, 4) is 0 Å². The van der Waals surface area contributed by atoms with Crippen LogP contribution in [0.5, 0.6) is 0 Å². The van der Waals surface area contributed by atoms with Crippen molar-refractivity contribution in [2.75, 3.05) is 19.6 Å². The molecule has 2 amide bonds. The molecule has 2 fully saturated rings. The Morgan fingerprint density at radius 2 is 1.93 bits per heavy atom. The average molecular weight is 210 g/mol. The van der Waals surface area contributed by atoms with Gasteiger partial charge in [0.25, 0.3) is 0 Å². The lowest BCUT2D eigenvalue weighted by atomic mass is 10.1. The Balaban J connectivity index is 1.98. The third-order valence-electron chi connectivity index (χ3n) is 3.75. The number of likely N-dealkylation sites (tertiary alicyclic amines) is 1. The molecule has 0 spiro atoms. The third kappa shape index (κ3) is 2.11. The van der Waals surface area contributed by atoms with Crippen molar-refractivity contribution < 1.29 is 4.79 Å². The maximum atomic E-state index is 12.2. The zero-order chi connectivity index (χ0) is 10.8. The van der Waals surface area contributed by atoms with Gasteiger partial charge in [0.05, 0.1) is 0 Å². The second kappa shape index (κ2) is 4.42. The minimum Gasteiger partial charge on any atom is -0.325 e. The second-order valence-electron chi connectivity index (χ2n) is 4.70. The van der Waals surface area contributed by atoms with Crippen LogP contribution in [0.1, 0.15) is 39.5 Å². The van der Waals surface area contributed by atoms with Crippen molar-refractivity contribution in [3.63, 3.8) is 0 Å². The molecule has 15 heavy (non-hydrogen) atoms. The molecule has 1 saturated carbocycles. The highest BCUT2D eigenvalue weighted by molar-refractivity contribution is 5.75. The van der Waals surface area contributed by atoms with Crippen molar-refractivity contribution in [1.82, 2.24) is 9.80 Å². The Kier molecular flexibility index (Phi) is 3.17. The third-order valence-corrected chi connectivity index (χ3v) is 3.75. The maximum absolute atomic E-state index is 12.2. The van der Waals surface area contributed by atoms with Gasteiger partial charge in [-0.3, -0.25) is 0 Å². The van der Waals surface area contributed by atoms with Crippen LogP contribution in [0.15, 0.2) is 0 Å². The standard InChI is InChI=1S/C12H22N2O/c1-3-13(4-2)12(15)14-9-5-6-11(14)10-7-8-10/h10-11H,3-9H2,1-2H3. The van der Waals surface area contributed by atoms with E-state index in [1.165, 1.54) is 25.7 Å². The summed E-state index contributed by atoms with van der Waals surface area (Å²) in [5.74, 6) is 0.826. The first-order valence-electron chi connectivity index (χ1n) is 6.33. The number of urea groups is 1. The van der Waals surface area contributed by atoms with Gasteiger partial charge in [-0.1, -0.05) is 0 Å². The summed E-state index contributed by atoms with van der Waals surface area (Å²) in [6.45, 7) is 6.77. The Labute approximate surface area is 92.4 Å². The van der Waals surface area contributed by atoms with Gasteiger partial charge in [0.1, 0.15) is 0 Å². The van der Waals surface area contributed by atoms with E-state index in [1.807, 2.05) is 4.90 Å². The summed E-state index contributed by atoms with van der Waals surface area (Å²) in [5.41, 5.74) is 0. The molecule has 2 rings (SSSR count). The van der Waals surface area contributed by atoms with E-state index in [4.69, 9.17) is 0 Å². The molecule has 1 atom stereocenters. The Bertz CT molecular complexity index is 234. The Morgan fingerprint density at radius 3 is 2.47 bits per heavy atom. The molecule has 0 radical (unpaired) electrons. The average Bonchev–Trinajstić information content (AvgIpc) is 2.98. The quantitative estimate of drug-likeness (QED) is 0.701. The van der Waals surface area contributed by atoms with E-state index >= 15 is 0 Å². The van der Waals surface area contributed by atoms with Gasteiger partial charge in [-0.15, -0.1) is 0 Å². The zero-order valence-corrected chi connectivity index (χ0v) is 9.91. The molecule has 1 unspecified atom stereocenters. The van der Waals surface area contributed by atoms with Crippen molar-refractivity contribution in [3.05, 3.63) is 0 Å². The van der Waals surface area contributed by atoms with Gasteiger partial charge in [0.15, 0.2) is 0 Å². The zero-order valence-electron chi connectivity index (χ0n) is 9.91. The number of hydrogen-bond donors (Lipinski definition) is 0. The number of rotatable bonds is 3. The number of hydrogen-bond acceptors (Lipinski definition) is 1. The maximum Gasteiger partial charge on any atom is 0.320 e.